The first-order valence-electron chi connectivity index (χ1n) is 8.13. The fourth-order valence-electron chi connectivity index (χ4n) is 3.63. The van der Waals surface area contributed by atoms with E-state index in [1.165, 1.54) is 47.0 Å². The van der Waals surface area contributed by atoms with Crippen molar-refractivity contribution in [1.29, 1.82) is 0 Å². The molecule has 0 spiro atoms. The van der Waals surface area contributed by atoms with E-state index in [2.05, 4.69) is 35.4 Å². The third-order valence-corrected chi connectivity index (χ3v) is 5.40. The summed E-state index contributed by atoms with van der Waals surface area (Å²) in [7, 11) is 0. The Labute approximate surface area is 125 Å². The van der Waals surface area contributed by atoms with Gasteiger partial charge in [-0.15, -0.1) is 0 Å². The number of rotatable bonds is 4. The van der Waals surface area contributed by atoms with E-state index in [1.807, 2.05) is 0 Å². The Morgan fingerprint density at radius 2 is 2.24 bits per heavy atom. The second-order valence-corrected chi connectivity index (χ2v) is 7.11. The molecule has 2 aliphatic rings. The molecule has 2 aliphatic carbocycles. The fraction of sp³-hybridized carbons (Fsp3) is 0.556. The molecule has 1 saturated carbocycles. The molecule has 0 amide bonds. The van der Waals surface area contributed by atoms with E-state index in [1.54, 1.807) is 0 Å². The first-order chi connectivity index (χ1) is 10.2. The van der Waals surface area contributed by atoms with Crippen molar-refractivity contribution in [2.75, 3.05) is 13.2 Å². The first kappa shape index (κ1) is 13.4. The molecule has 0 aliphatic heterocycles. The Hall–Kier alpha value is -1.32. The van der Waals surface area contributed by atoms with Gasteiger partial charge < -0.3 is 15.4 Å². The van der Waals surface area contributed by atoms with Gasteiger partial charge in [-0.25, -0.2) is 0 Å². The number of H-pyrrole nitrogens is 1. The molecule has 3 heteroatoms. The monoisotopic (exact) mass is 284 g/mol. The predicted molar refractivity (Wildman–Crippen MR) is 85.6 cm³/mol. The maximum absolute atomic E-state index is 9.44. The van der Waals surface area contributed by atoms with Crippen LogP contribution in [0.5, 0.6) is 0 Å². The lowest BCUT2D eigenvalue weighted by Gasteiger charge is -2.25. The van der Waals surface area contributed by atoms with E-state index < -0.39 is 0 Å². The minimum absolute atomic E-state index is 0.205. The molecule has 0 bridgehead atoms. The van der Waals surface area contributed by atoms with Gasteiger partial charge in [-0.3, -0.25) is 0 Å². The Balaban J connectivity index is 1.53. The quantitative estimate of drug-likeness (QED) is 0.808. The summed E-state index contributed by atoms with van der Waals surface area (Å²) in [5, 5.41) is 14.6. The molecular weight excluding hydrogens is 260 g/mol. The van der Waals surface area contributed by atoms with Crippen molar-refractivity contribution in [3.8, 4) is 0 Å². The number of aryl methyl sites for hydroxylation is 2. The summed E-state index contributed by atoms with van der Waals surface area (Å²) in [5.74, 6) is 0. The van der Waals surface area contributed by atoms with Crippen LogP contribution in [0.3, 0.4) is 0 Å². The number of fused-ring (bicyclic) bond motifs is 3. The van der Waals surface area contributed by atoms with E-state index in [9.17, 15) is 5.11 Å². The Bertz CT molecular complexity index is 669. The van der Waals surface area contributed by atoms with Crippen molar-refractivity contribution in [3.63, 3.8) is 0 Å². The van der Waals surface area contributed by atoms with Gasteiger partial charge in [0.15, 0.2) is 0 Å². The van der Waals surface area contributed by atoms with Crippen molar-refractivity contribution >= 4 is 10.9 Å². The lowest BCUT2D eigenvalue weighted by atomic mass is 9.90. The van der Waals surface area contributed by atoms with Gasteiger partial charge in [0.25, 0.3) is 0 Å². The zero-order valence-electron chi connectivity index (χ0n) is 12.7. The summed E-state index contributed by atoms with van der Waals surface area (Å²) in [6, 6.07) is 7.25. The van der Waals surface area contributed by atoms with Crippen LogP contribution in [0.4, 0.5) is 0 Å². The minimum atomic E-state index is 0.205. The lowest BCUT2D eigenvalue weighted by molar-refractivity contribution is 0.202. The molecule has 1 unspecified atom stereocenters. The Morgan fingerprint density at radius 1 is 1.38 bits per heavy atom. The van der Waals surface area contributed by atoms with E-state index in [-0.39, 0.29) is 5.41 Å². The zero-order valence-corrected chi connectivity index (χ0v) is 12.7. The SMILES string of the molecule is Cc1ccc2[nH]c3c(c2c1)CC(NCC1(CO)CC1)CC3. The van der Waals surface area contributed by atoms with Gasteiger partial charge >= 0.3 is 0 Å². The number of aliphatic hydroxyl groups is 1. The number of nitrogens with one attached hydrogen (secondary N) is 2. The maximum Gasteiger partial charge on any atom is 0.0499 e. The molecule has 1 aromatic carbocycles. The van der Waals surface area contributed by atoms with Crippen LogP contribution in [0.15, 0.2) is 18.2 Å². The minimum Gasteiger partial charge on any atom is -0.396 e. The summed E-state index contributed by atoms with van der Waals surface area (Å²) < 4.78 is 0. The van der Waals surface area contributed by atoms with Crippen molar-refractivity contribution in [1.82, 2.24) is 10.3 Å². The van der Waals surface area contributed by atoms with Crippen LogP contribution in [0.1, 0.15) is 36.1 Å². The van der Waals surface area contributed by atoms with E-state index in [0.717, 1.165) is 19.4 Å². The van der Waals surface area contributed by atoms with Crippen LogP contribution in [0.25, 0.3) is 10.9 Å². The van der Waals surface area contributed by atoms with Crippen LogP contribution >= 0.6 is 0 Å². The normalized spacial score (nSPS) is 23.2. The van der Waals surface area contributed by atoms with Crippen molar-refractivity contribution in [2.24, 2.45) is 5.41 Å². The van der Waals surface area contributed by atoms with Crippen LogP contribution in [0.2, 0.25) is 0 Å². The first-order valence-corrected chi connectivity index (χ1v) is 8.13. The molecule has 2 aromatic rings. The van der Waals surface area contributed by atoms with Gasteiger partial charge in [-0.05, 0) is 56.7 Å². The highest BCUT2D eigenvalue weighted by atomic mass is 16.3. The molecule has 0 saturated heterocycles. The van der Waals surface area contributed by atoms with Crippen LogP contribution in [-0.4, -0.2) is 29.3 Å². The number of aromatic amines is 1. The average molecular weight is 284 g/mol. The highest BCUT2D eigenvalue weighted by Gasteiger charge is 2.42. The standard InChI is InChI=1S/C18H24N2O/c1-12-2-4-16-14(8-12)15-9-13(3-5-17(15)20-16)19-10-18(11-21)6-7-18/h2,4,8,13,19-21H,3,5-7,9-11H2,1H3. The number of hydrogen-bond acceptors (Lipinski definition) is 2. The van der Waals surface area contributed by atoms with E-state index in [0.29, 0.717) is 12.6 Å². The predicted octanol–water partition coefficient (Wildman–Crippen LogP) is 2.70. The molecule has 0 radical (unpaired) electrons. The van der Waals surface area contributed by atoms with E-state index >= 15 is 0 Å². The number of hydrogen-bond donors (Lipinski definition) is 3. The second-order valence-electron chi connectivity index (χ2n) is 7.11. The van der Waals surface area contributed by atoms with Crippen LogP contribution < -0.4 is 5.32 Å². The molecule has 1 fully saturated rings. The van der Waals surface area contributed by atoms with Gasteiger partial charge in [0.05, 0.1) is 0 Å². The van der Waals surface area contributed by atoms with Gasteiger partial charge in [-0.1, -0.05) is 11.6 Å². The van der Waals surface area contributed by atoms with Gasteiger partial charge in [0.1, 0.15) is 0 Å². The van der Waals surface area contributed by atoms with Gasteiger partial charge in [0, 0.05) is 41.2 Å². The Kier molecular flexibility index (Phi) is 3.09. The molecule has 3 nitrogen and oxygen atoms in total. The van der Waals surface area contributed by atoms with Crippen LogP contribution in [0, 0.1) is 12.3 Å². The van der Waals surface area contributed by atoms with Gasteiger partial charge in [-0.2, -0.15) is 0 Å². The highest BCUT2D eigenvalue weighted by Crippen LogP contribution is 2.44. The van der Waals surface area contributed by atoms with Gasteiger partial charge in [0.2, 0.25) is 0 Å². The van der Waals surface area contributed by atoms with Crippen molar-refractivity contribution in [3.05, 3.63) is 35.0 Å². The summed E-state index contributed by atoms with van der Waals surface area (Å²) >= 11 is 0. The number of aromatic nitrogens is 1. The highest BCUT2D eigenvalue weighted by molar-refractivity contribution is 5.85. The largest absolute Gasteiger partial charge is 0.396 e. The molecule has 4 rings (SSSR count). The molecule has 1 heterocycles. The molecule has 21 heavy (non-hydrogen) atoms. The summed E-state index contributed by atoms with van der Waals surface area (Å²) in [4.78, 5) is 3.59. The third-order valence-electron chi connectivity index (χ3n) is 5.40. The fourth-order valence-corrected chi connectivity index (χ4v) is 3.63. The van der Waals surface area contributed by atoms with Crippen molar-refractivity contribution in [2.45, 2.75) is 45.1 Å². The number of benzene rings is 1. The molecule has 1 aromatic heterocycles. The molecule has 3 N–H and O–H groups in total. The summed E-state index contributed by atoms with van der Waals surface area (Å²) in [6.07, 6.45) is 5.80. The van der Waals surface area contributed by atoms with Crippen LogP contribution in [-0.2, 0) is 12.8 Å². The lowest BCUT2D eigenvalue weighted by Crippen LogP contribution is -2.38. The number of aliphatic hydroxyl groups excluding tert-OH is 1. The average Bonchev–Trinajstić information content (AvgIpc) is 3.21. The maximum atomic E-state index is 9.44. The Morgan fingerprint density at radius 3 is 3.00 bits per heavy atom. The topological polar surface area (TPSA) is 48.0 Å². The zero-order chi connectivity index (χ0) is 14.4. The smallest absolute Gasteiger partial charge is 0.0499 e. The molecular formula is C18H24N2O. The van der Waals surface area contributed by atoms with E-state index in [4.69, 9.17) is 0 Å². The van der Waals surface area contributed by atoms with Crippen molar-refractivity contribution < 1.29 is 5.11 Å². The summed E-state index contributed by atoms with van der Waals surface area (Å²) in [5.41, 5.74) is 5.75. The molecule has 1 atom stereocenters. The second kappa shape index (κ2) is 4.85. The molecule has 112 valence electrons. The summed E-state index contributed by atoms with van der Waals surface area (Å²) in [6.45, 7) is 3.48. The third kappa shape index (κ3) is 2.39.